The Morgan fingerprint density at radius 3 is 2.71 bits per heavy atom. The molecule has 1 saturated heterocycles. The molecule has 17 heavy (non-hydrogen) atoms. The monoisotopic (exact) mass is 239 g/mol. The molecule has 2 rings (SSSR count). The van der Waals surface area contributed by atoms with E-state index in [0.717, 1.165) is 25.9 Å². The predicted octanol–water partition coefficient (Wildman–Crippen LogP) is -0.568. The van der Waals surface area contributed by atoms with Gasteiger partial charge < -0.3 is 20.5 Å². The third-order valence-corrected chi connectivity index (χ3v) is 3.26. The second-order valence-corrected chi connectivity index (χ2v) is 4.18. The topological polar surface area (TPSA) is 97.4 Å². The second-order valence-electron chi connectivity index (χ2n) is 4.18. The van der Waals surface area contributed by atoms with Crippen LogP contribution in [0.1, 0.15) is 12.8 Å². The van der Waals surface area contributed by atoms with Crippen LogP contribution in [0.15, 0.2) is 6.33 Å². The van der Waals surface area contributed by atoms with Crippen LogP contribution in [0, 0.1) is 0 Å². The van der Waals surface area contributed by atoms with Crippen LogP contribution in [0.2, 0.25) is 0 Å². The summed E-state index contributed by atoms with van der Waals surface area (Å²) in [5.41, 5.74) is 5.10. The standard InChI is InChI=1S/C10H17N5O2/c1-17-10(6-16)2-4-15(5-3-10)9-13-7-12-8(11)14-9/h7,16H,2-6H2,1H3,(H2,11,12,13,14). The van der Waals surface area contributed by atoms with Gasteiger partial charge in [-0.15, -0.1) is 0 Å². The number of hydrogen-bond donors (Lipinski definition) is 2. The minimum Gasteiger partial charge on any atom is -0.393 e. The molecule has 94 valence electrons. The first-order valence-electron chi connectivity index (χ1n) is 5.54. The van der Waals surface area contributed by atoms with Crippen molar-refractivity contribution in [2.45, 2.75) is 18.4 Å². The van der Waals surface area contributed by atoms with Gasteiger partial charge in [0, 0.05) is 20.2 Å². The van der Waals surface area contributed by atoms with Gasteiger partial charge in [-0.05, 0) is 12.8 Å². The largest absolute Gasteiger partial charge is 0.393 e. The average molecular weight is 239 g/mol. The van der Waals surface area contributed by atoms with Gasteiger partial charge in [0.15, 0.2) is 0 Å². The van der Waals surface area contributed by atoms with Gasteiger partial charge in [-0.2, -0.15) is 4.98 Å². The molecule has 0 atom stereocenters. The van der Waals surface area contributed by atoms with Gasteiger partial charge >= 0.3 is 0 Å². The Labute approximate surface area is 99.6 Å². The van der Waals surface area contributed by atoms with Crippen molar-refractivity contribution >= 4 is 11.9 Å². The summed E-state index contributed by atoms with van der Waals surface area (Å²) in [4.78, 5) is 13.9. The molecule has 1 aromatic rings. The van der Waals surface area contributed by atoms with Crippen molar-refractivity contribution in [1.82, 2.24) is 15.0 Å². The molecule has 0 amide bonds. The van der Waals surface area contributed by atoms with E-state index < -0.39 is 5.60 Å². The fourth-order valence-corrected chi connectivity index (χ4v) is 1.99. The van der Waals surface area contributed by atoms with E-state index in [4.69, 9.17) is 10.5 Å². The molecule has 0 radical (unpaired) electrons. The molecular formula is C10H17N5O2. The molecule has 7 nitrogen and oxygen atoms in total. The lowest BCUT2D eigenvalue weighted by atomic mass is 9.92. The highest BCUT2D eigenvalue weighted by molar-refractivity contribution is 5.33. The van der Waals surface area contributed by atoms with Gasteiger partial charge in [0.2, 0.25) is 11.9 Å². The number of nitrogens with two attached hydrogens (primary N) is 1. The van der Waals surface area contributed by atoms with E-state index in [1.807, 2.05) is 4.90 Å². The number of hydrogen-bond acceptors (Lipinski definition) is 7. The first-order chi connectivity index (χ1) is 8.19. The number of methoxy groups -OCH3 is 1. The summed E-state index contributed by atoms with van der Waals surface area (Å²) < 4.78 is 5.38. The molecule has 0 unspecified atom stereocenters. The summed E-state index contributed by atoms with van der Waals surface area (Å²) >= 11 is 0. The molecule has 2 heterocycles. The Morgan fingerprint density at radius 2 is 2.18 bits per heavy atom. The fraction of sp³-hybridized carbons (Fsp3) is 0.700. The van der Waals surface area contributed by atoms with Crippen molar-refractivity contribution in [3.8, 4) is 0 Å². The third-order valence-electron chi connectivity index (χ3n) is 3.26. The molecule has 0 bridgehead atoms. The van der Waals surface area contributed by atoms with Gasteiger partial charge in [-0.1, -0.05) is 0 Å². The highest BCUT2D eigenvalue weighted by Gasteiger charge is 2.34. The van der Waals surface area contributed by atoms with E-state index >= 15 is 0 Å². The molecule has 3 N–H and O–H groups in total. The van der Waals surface area contributed by atoms with Crippen LogP contribution in [0.3, 0.4) is 0 Å². The predicted molar refractivity (Wildman–Crippen MR) is 62.5 cm³/mol. The molecule has 7 heteroatoms. The number of nitrogen functional groups attached to an aromatic ring is 1. The molecule has 0 aromatic carbocycles. The van der Waals surface area contributed by atoms with Gasteiger partial charge in [-0.3, -0.25) is 0 Å². The van der Waals surface area contributed by atoms with Crippen molar-refractivity contribution in [2.24, 2.45) is 0 Å². The SMILES string of the molecule is COC1(CO)CCN(c2ncnc(N)n2)CC1. The number of aliphatic hydroxyl groups excluding tert-OH is 1. The van der Waals surface area contributed by atoms with Gasteiger partial charge in [0.1, 0.15) is 6.33 Å². The lowest BCUT2D eigenvalue weighted by Crippen LogP contribution is -2.48. The number of anilines is 2. The summed E-state index contributed by atoms with van der Waals surface area (Å²) in [5, 5.41) is 9.34. The number of aliphatic hydroxyl groups is 1. The average Bonchev–Trinajstić information content (AvgIpc) is 2.39. The van der Waals surface area contributed by atoms with E-state index in [0.29, 0.717) is 5.95 Å². The van der Waals surface area contributed by atoms with Crippen LogP contribution >= 0.6 is 0 Å². The van der Waals surface area contributed by atoms with Crippen LogP contribution in [0.5, 0.6) is 0 Å². The molecule has 1 aliphatic rings. The highest BCUT2D eigenvalue weighted by atomic mass is 16.5. The zero-order valence-corrected chi connectivity index (χ0v) is 9.83. The minimum absolute atomic E-state index is 0.0384. The Hall–Kier alpha value is -1.47. The molecule has 1 aromatic heterocycles. The van der Waals surface area contributed by atoms with Crippen molar-refractivity contribution in [3.63, 3.8) is 0 Å². The molecule has 0 aliphatic carbocycles. The van der Waals surface area contributed by atoms with Gasteiger partial charge in [-0.25, -0.2) is 9.97 Å². The number of aromatic nitrogens is 3. The smallest absolute Gasteiger partial charge is 0.230 e. The van der Waals surface area contributed by atoms with Crippen molar-refractivity contribution in [2.75, 3.05) is 37.4 Å². The third kappa shape index (κ3) is 2.45. The number of rotatable bonds is 3. The fourth-order valence-electron chi connectivity index (χ4n) is 1.99. The number of nitrogens with zero attached hydrogens (tertiary/aromatic N) is 4. The maximum Gasteiger partial charge on any atom is 0.230 e. The highest BCUT2D eigenvalue weighted by Crippen LogP contribution is 2.26. The van der Waals surface area contributed by atoms with E-state index in [1.165, 1.54) is 6.33 Å². The van der Waals surface area contributed by atoms with E-state index in [1.54, 1.807) is 7.11 Å². The minimum atomic E-state index is -0.422. The Kier molecular flexibility index (Phi) is 3.39. The number of piperidine rings is 1. The Morgan fingerprint density at radius 1 is 1.47 bits per heavy atom. The molecule has 0 saturated carbocycles. The maximum absolute atomic E-state index is 9.34. The lowest BCUT2D eigenvalue weighted by Gasteiger charge is -2.39. The van der Waals surface area contributed by atoms with Crippen LogP contribution in [0.25, 0.3) is 0 Å². The first-order valence-corrected chi connectivity index (χ1v) is 5.54. The van der Waals surface area contributed by atoms with Crippen molar-refractivity contribution in [3.05, 3.63) is 6.33 Å². The Balaban J connectivity index is 2.04. The van der Waals surface area contributed by atoms with Crippen LogP contribution in [-0.4, -0.2) is 52.5 Å². The summed E-state index contributed by atoms with van der Waals surface area (Å²) in [6.45, 7) is 1.51. The van der Waals surface area contributed by atoms with Gasteiger partial charge in [0.25, 0.3) is 0 Å². The zero-order chi connectivity index (χ0) is 12.3. The second kappa shape index (κ2) is 4.80. The molecular weight excluding hydrogens is 222 g/mol. The van der Waals surface area contributed by atoms with Crippen LogP contribution in [0.4, 0.5) is 11.9 Å². The summed E-state index contributed by atoms with van der Waals surface area (Å²) in [6.07, 6.45) is 2.89. The van der Waals surface area contributed by atoms with Gasteiger partial charge in [0.05, 0.1) is 12.2 Å². The maximum atomic E-state index is 9.34. The number of ether oxygens (including phenoxy) is 1. The Bertz CT molecular complexity index is 373. The summed E-state index contributed by atoms with van der Waals surface area (Å²) in [6, 6.07) is 0. The zero-order valence-electron chi connectivity index (χ0n) is 9.83. The van der Waals surface area contributed by atoms with Crippen molar-refractivity contribution in [1.29, 1.82) is 0 Å². The van der Waals surface area contributed by atoms with Crippen molar-refractivity contribution < 1.29 is 9.84 Å². The normalized spacial score (nSPS) is 19.3. The summed E-state index contributed by atoms with van der Waals surface area (Å²) in [7, 11) is 1.63. The van der Waals surface area contributed by atoms with E-state index in [9.17, 15) is 5.11 Å². The molecule has 0 spiro atoms. The van der Waals surface area contributed by atoms with E-state index in [2.05, 4.69) is 15.0 Å². The van der Waals surface area contributed by atoms with Crippen LogP contribution in [-0.2, 0) is 4.74 Å². The quantitative estimate of drug-likeness (QED) is 0.729. The lowest BCUT2D eigenvalue weighted by molar-refractivity contribution is -0.0674. The molecule has 1 fully saturated rings. The van der Waals surface area contributed by atoms with E-state index in [-0.39, 0.29) is 12.6 Å². The van der Waals surface area contributed by atoms with Crippen LogP contribution < -0.4 is 10.6 Å². The first kappa shape index (κ1) is 12.0. The summed E-state index contributed by atoms with van der Waals surface area (Å²) in [5.74, 6) is 0.806. The molecule has 1 aliphatic heterocycles.